The first-order valence-corrected chi connectivity index (χ1v) is 7.70. The fourth-order valence-corrected chi connectivity index (χ4v) is 1.63. The van der Waals surface area contributed by atoms with E-state index in [2.05, 4.69) is 12.2 Å². The number of rotatable bonds is 7. The summed E-state index contributed by atoms with van der Waals surface area (Å²) in [6.45, 7) is 11.8. The van der Waals surface area contributed by atoms with E-state index in [4.69, 9.17) is 9.47 Å². The number of ether oxygens (including phenoxy) is 2. The van der Waals surface area contributed by atoms with E-state index in [1.807, 2.05) is 33.8 Å². The Labute approximate surface area is 133 Å². The molecule has 0 aliphatic heterocycles. The van der Waals surface area contributed by atoms with Gasteiger partial charge in [0.15, 0.2) is 0 Å². The molecule has 0 aliphatic carbocycles. The quantitative estimate of drug-likeness (QED) is 0.442. The van der Waals surface area contributed by atoms with Gasteiger partial charge in [-0.25, -0.2) is 9.59 Å². The standard InChI is InChI=1S/C17H29NO4/c1-7-9-10-14(13(3)11-15(19)21-8-2)12-18-16(20)22-17(4,5)6/h10-11H,7-9,12H2,1-6H3,(H,18,20)/b13-11+,14-10-. The molecule has 0 saturated heterocycles. The van der Waals surface area contributed by atoms with Crippen LogP contribution in [0.2, 0.25) is 0 Å². The number of esters is 1. The van der Waals surface area contributed by atoms with Crippen molar-refractivity contribution >= 4 is 12.1 Å². The van der Waals surface area contributed by atoms with Crippen LogP contribution in [0.25, 0.3) is 0 Å². The van der Waals surface area contributed by atoms with Crippen molar-refractivity contribution in [1.82, 2.24) is 5.32 Å². The minimum Gasteiger partial charge on any atom is -0.463 e. The smallest absolute Gasteiger partial charge is 0.407 e. The van der Waals surface area contributed by atoms with Crippen LogP contribution in [0.1, 0.15) is 54.4 Å². The second-order valence-corrected chi connectivity index (χ2v) is 5.95. The maximum Gasteiger partial charge on any atom is 0.407 e. The molecule has 0 radical (unpaired) electrons. The van der Waals surface area contributed by atoms with E-state index < -0.39 is 11.7 Å². The lowest BCUT2D eigenvalue weighted by atomic mass is 10.1. The van der Waals surface area contributed by atoms with E-state index in [0.717, 1.165) is 24.0 Å². The Morgan fingerprint density at radius 2 is 1.82 bits per heavy atom. The SMILES string of the molecule is CCC/C=C(CNC(=O)OC(C)(C)C)\C(C)=C\C(=O)OCC. The lowest BCUT2D eigenvalue weighted by molar-refractivity contribution is -0.137. The van der Waals surface area contributed by atoms with Gasteiger partial charge in [0.05, 0.1) is 6.61 Å². The fraction of sp³-hybridized carbons (Fsp3) is 0.647. The minimum atomic E-state index is -0.535. The van der Waals surface area contributed by atoms with E-state index in [1.165, 1.54) is 6.08 Å². The molecule has 0 bridgehead atoms. The maximum absolute atomic E-state index is 11.7. The highest BCUT2D eigenvalue weighted by Crippen LogP contribution is 2.12. The highest BCUT2D eigenvalue weighted by Gasteiger charge is 2.16. The van der Waals surface area contributed by atoms with Gasteiger partial charge in [0.2, 0.25) is 0 Å². The van der Waals surface area contributed by atoms with Crippen LogP contribution in [0.3, 0.4) is 0 Å². The summed E-state index contributed by atoms with van der Waals surface area (Å²) in [5, 5.41) is 2.71. The molecule has 126 valence electrons. The Bertz CT molecular complexity index is 430. The Morgan fingerprint density at radius 3 is 2.32 bits per heavy atom. The summed E-state index contributed by atoms with van der Waals surface area (Å²) < 4.78 is 10.1. The first-order valence-electron chi connectivity index (χ1n) is 7.70. The molecule has 0 unspecified atom stereocenters. The van der Waals surface area contributed by atoms with E-state index >= 15 is 0 Å². The first-order chi connectivity index (χ1) is 10.2. The molecular weight excluding hydrogens is 282 g/mol. The monoisotopic (exact) mass is 311 g/mol. The Kier molecular flexibility index (Phi) is 9.22. The predicted molar refractivity (Wildman–Crippen MR) is 87.6 cm³/mol. The van der Waals surface area contributed by atoms with Crippen molar-refractivity contribution in [2.24, 2.45) is 0 Å². The number of hydrogen-bond donors (Lipinski definition) is 1. The average Bonchev–Trinajstić information content (AvgIpc) is 2.36. The van der Waals surface area contributed by atoms with Gasteiger partial charge >= 0.3 is 12.1 Å². The highest BCUT2D eigenvalue weighted by molar-refractivity contribution is 5.83. The van der Waals surface area contributed by atoms with Crippen LogP contribution in [0.5, 0.6) is 0 Å². The average molecular weight is 311 g/mol. The fourth-order valence-electron chi connectivity index (χ4n) is 1.63. The summed E-state index contributed by atoms with van der Waals surface area (Å²) in [7, 11) is 0. The second kappa shape index (κ2) is 10.0. The van der Waals surface area contributed by atoms with Crippen LogP contribution in [-0.2, 0) is 14.3 Å². The van der Waals surface area contributed by atoms with E-state index in [1.54, 1.807) is 6.92 Å². The molecule has 0 heterocycles. The summed E-state index contributed by atoms with van der Waals surface area (Å²) in [4.78, 5) is 23.2. The first kappa shape index (κ1) is 20.2. The minimum absolute atomic E-state index is 0.316. The number of carbonyl (C=O) groups excluding carboxylic acids is 2. The molecule has 0 aromatic carbocycles. The zero-order valence-corrected chi connectivity index (χ0v) is 14.6. The summed E-state index contributed by atoms with van der Waals surface area (Å²) >= 11 is 0. The second-order valence-electron chi connectivity index (χ2n) is 5.95. The molecule has 22 heavy (non-hydrogen) atoms. The van der Waals surface area contributed by atoms with E-state index in [0.29, 0.717) is 13.2 Å². The number of allylic oxidation sites excluding steroid dienone is 1. The number of nitrogens with one attached hydrogen (secondary N) is 1. The van der Waals surface area contributed by atoms with Gasteiger partial charge < -0.3 is 14.8 Å². The predicted octanol–water partition coefficient (Wildman–Crippen LogP) is 3.75. The van der Waals surface area contributed by atoms with Crippen LogP contribution < -0.4 is 5.32 Å². The normalized spacial score (nSPS) is 12.8. The van der Waals surface area contributed by atoms with Crippen molar-refractivity contribution in [1.29, 1.82) is 0 Å². The number of carbonyl (C=O) groups is 2. The summed E-state index contributed by atoms with van der Waals surface area (Å²) in [5.74, 6) is -0.375. The van der Waals surface area contributed by atoms with Gasteiger partial charge in [0.1, 0.15) is 5.60 Å². The molecule has 5 heteroatoms. The molecule has 0 saturated carbocycles. The number of hydrogen-bond acceptors (Lipinski definition) is 4. The Balaban J connectivity index is 4.79. The third-order valence-corrected chi connectivity index (χ3v) is 2.63. The molecular formula is C17H29NO4. The molecule has 0 rings (SSSR count). The topological polar surface area (TPSA) is 64.6 Å². The van der Waals surface area contributed by atoms with Crippen LogP contribution >= 0.6 is 0 Å². The molecule has 1 amide bonds. The van der Waals surface area contributed by atoms with Gasteiger partial charge in [0, 0.05) is 12.6 Å². The molecule has 1 N–H and O–H groups in total. The van der Waals surface area contributed by atoms with Gasteiger partial charge in [-0.2, -0.15) is 0 Å². The van der Waals surface area contributed by atoms with Crippen molar-refractivity contribution in [2.75, 3.05) is 13.2 Å². The number of alkyl carbamates (subject to hydrolysis) is 1. The van der Waals surface area contributed by atoms with Crippen LogP contribution in [0.4, 0.5) is 4.79 Å². The van der Waals surface area contributed by atoms with Gasteiger partial charge in [-0.15, -0.1) is 0 Å². The lowest BCUT2D eigenvalue weighted by Gasteiger charge is -2.20. The third kappa shape index (κ3) is 10.0. The molecule has 0 aromatic heterocycles. The summed E-state index contributed by atoms with van der Waals surface area (Å²) in [6, 6.07) is 0. The summed E-state index contributed by atoms with van der Waals surface area (Å²) in [6.07, 6.45) is 4.85. The lowest BCUT2D eigenvalue weighted by Crippen LogP contribution is -2.33. The van der Waals surface area contributed by atoms with Crippen molar-refractivity contribution < 1.29 is 19.1 Å². The van der Waals surface area contributed by atoms with Crippen molar-refractivity contribution in [2.45, 2.75) is 60.0 Å². The molecule has 0 atom stereocenters. The Morgan fingerprint density at radius 1 is 1.18 bits per heavy atom. The zero-order chi connectivity index (χ0) is 17.2. The van der Waals surface area contributed by atoms with Gasteiger partial charge in [-0.05, 0) is 52.2 Å². The van der Waals surface area contributed by atoms with Gasteiger partial charge in [0.25, 0.3) is 0 Å². The summed E-state index contributed by atoms with van der Waals surface area (Å²) in [5.41, 5.74) is 1.14. The highest BCUT2D eigenvalue weighted by atomic mass is 16.6. The van der Waals surface area contributed by atoms with Crippen LogP contribution in [-0.4, -0.2) is 30.8 Å². The zero-order valence-electron chi connectivity index (χ0n) is 14.6. The Hall–Kier alpha value is -1.78. The third-order valence-electron chi connectivity index (χ3n) is 2.63. The van der Waals surface area contributed by atoms with Crippen molar-refractivity contribution in [3.8, 4) is 0 Å². The van der Waals surface area contributed by atoms with Gasteiger partial charge in [-0.3, -0.25) is 0 Å². The maximum atomic E-state index is 11.7. The molecule has 0 spiro atoms. The molecule has 5 nitrogen and oxygen atoms in total. The van der Waals surface area contributed by atoms with E-state index in [-0.39, 0.29) is 5.97 Å². The molecule has 0 aromatic rings. The number of amides is 1. The van der Waals surface area contributed by atoms with Crippen LogP contribution in [0, 0.1) is 0 Å². The van der Waals surface area contributed by atoms with Crippen molar-refractivity contribution in [3.05, 3.63) is 23.3 Å². The van der Waals surface area contributed by atoms with Crippen molar-refractivity contribution in [3.63, 3.8) is 0 Å². The largest absolute Gasteiger partial charge is 0.463 e. The van der Waals surface area contributed by atoms with E-state index in [9.17, 15) is 9.59 Å². The van der Waals surface area contributed by atoms with Crippen LogP contribution in [0.15, 0.2) is 23.3 Å². The molecule has 0 fully saturated rings. The number of unbranched alkanes of at least 4 members (excludes halogenated alkanes) is 1. The van der Waals surface area contributed by atoms with Gasteiger partial charge in [-0.1, -0.05) is 19.4 Å². The molecule has 0 aliphatic rings.